The van der Waals surface area contributed by atoms with Gasteiger partial charge in [-0.2, -0.15) is 0 Å². The zero-order valence-electron chi connectivity index (χ0n) is 12.3. The van der Waals surface area contributed by atoms with E-state index >= 15 is 0 Å². The molecule has 0 heterocycles. The van der Waals surface area contributed by atoms with Crippen LogP contribution in [0.1, 0.15) is 37.8 Å². The molecule has 106 valence electrons. The molecule has 0 saturated carbocycles. The third kappa shape index (κ3) is 7.14. The summed E-state index contributed by atoms with van der Waals surface area (Å²) in [6, 6.07) is 8.50. The van der Waals surface area contributed by atoms with E-state index in [0.29, 0.717) is 12.5 Å². The van der Waals surface area contributed by atoms with Crippen LogP contribution in [0.25, 0.3) is 0 Å². The fourth-order valence-electron chi connectivity index (χ4n) is 1.88. The van der Waals surface area contributed by atoms with Crippen LogP contribution in [0.2, 0.25) is 0 Å². The molecule has 0 aliphatic rings. The van der Waals surface area contributed by atoms with Gasteiger partial charge in [-0.1, -0.05) is 44.2 Å². The number of hydrogen-bond donors (Lipinski definition) is 1. The zero-order chi connectivity index (χ0) is 13.9. The molecule has 1 N–H and O–H groups in total. The number of rotatable bonds is 10. The van der Waals surface area contributed by atoms with Gasteiger partial charge < -0.3 is 10.1 Å². The van der Waals surface area contributed by atoms with Crippen LogP contribution in [0.4, 0.5) is 0 Å². The molecule has 0 spiro atoms. The lowest BCUT2D eigenvalue weighted by Gasteiger charge is -2.12. The van der Waals surface area contributed by atoms with Crippen LogP contribution in [-0.4, -0.2) is 13.2 Å². The van der Waals surface area contributed by atoms with Crippen molar-refractivity contribution in [3.63, 3.8) is 0 Å². The second-order valence-corrected chi connectivity index (χ2v) is 5.28. The summed E-state index contributed by atoms with van der Waals surface area (Å²) in [6.45, 7) is 11.6. The molecule has 1 aromatic carbocycles. The molecule has 0 aliphatic carbocycles. The molecule has 0 fully saturated rings. The van der Waals surface area contributed by atoms with Crippen molar-refractivity contribution in [3.8, 4) is 0 Å². The Bertz CT molecular complexity index is 360. The van der Waals surface area contributed by atoms with E-state index in [-0.39, 0.29) is 0 Å². The van der Waals surface area contributed by atoms with Gasteiger partial charge in [0, 0.05) is 13.2 Å². The van der Waals surface area contributed by atoms with E-state index < -0.39 is 0 Å². The number of benzene rings is 1. The number of hydrogen-bond acceptors (Lipinski definition) is 2. The molecular formula is C17H27NO. The van der Waals surface area contributed by atoms with Crippen molar-refractivity contribution in [1.82, 2.24) is 5.32 Å². The summed E-state index contributed by atoms with van der Waals surface area (Å²) in [5.74, 6) is 0.683. The Balaban J connectivity index is 2.37. The van der Waals surface area contributed by atoms with Gasteiger partial charge in [0.05, 0.1) is 6.61 Å². The predicted octanol–water partition coefficient (Wildman–Crippen LogP) is 3.92. The highest BCUT2D eigenvalue weighted by atomic mass is 16.5. The van der Waals surface area contributed by atoms with E-state index in [1.54, 1.807) is 0 Å². The fraction of sp³-hybridized carbons (Fsp3) is 0.529. The summed E-state index contributed by atoms with van der Waals surface area (Å²) in [7, 11) is 0. The summed E-state index contributed by atoms with van der Waals surface area (Å²) < 4.78 is 5.71. The predicted molar refractivity (Wildman–Crippen MR) is 82.1 cm³/mol. The first-order chi connectivity index (χ1) is 9.24. The smallest absolute Gasteiger partial charge is 0.0720 e. The molecule has 1 aromatic rings. The highest BCUT2D eigenvalue weighted by molar-refractivity contribution is 5.26. The Hall–Kier alpha value is -1.12. The Morgan fingerprint density at radius 1 is 1.26 bits per heavy atom. The maximum Gasteiger partial charge on any atom is 0.0720 e. The highest BCUT2D eigenvalue weighted by Gasteiger charge is 2.02. The van der Waals surface area contributed by atoms with Gasteiger partial charge in [-0.05, 0) is 36.4 Å². The van der Waals surface area contributed by atoms with E-state index in [1.807, 2.05) is 6.08 Å². The second kappa shape index (κ2) is 9.76. The average Bonchev–Trinajstić information content (AvgIpc) is 2.40. The lowest BCUT2D eigenvalue weighted by Crippen LogP contribution is -2.19. The minimum Gasteiger partial charge on any atom is -0.377 e. The van der Waals surface area contributed by atoms with Crippen LogP contribution < -0.4 is 5.32 Å². The Morgan fingerprint density at radius 3 is 2.68 bits per heavy atom. The van der Waals surface area contributed by atoms with Crippen molar-refractivity contribution in [2.24, 2.45) is 5.92 Å². The van der Waals surface area contributed by atoms with E-state index in [0.717, 1.165) is 32.5 Å². The van der Waals surface area contributed by atoms with Gasteiger partial charge in [0.15, 0.2) is 0 Å². The third-order valence-corrected chi connectivity index (χ3v) is 2.94. The number of allylic oxidation sites excluding steroid dienone is 1. The largest absolute Gasteiger partial charge is 0.377 e. The van der Waals surface area contributed by atoms with Crippen LogP contribution >= 0.6 is 0 Å². The first-order valence-corrected chi connectivity index (χ1v) is 7.20. The fourth-order valence-corrected chi connectivity index (χ4v) is 1.88. The van der Waals surface area contributed by atoms with Crippen molar-refractivity contribution >= 4 is 0 Å². The van der Waals surface area contributed by atoms with Gasteiger partial charge in [0.2, 0.25) is 0 Å². The van der Waals surface area contributed by atoms with Crippen LogP contribution in [0.5, 0.6) is 0 Å². The van der Waals surface area contributed by atoms with E-state index in [2.05, 4.69) is 50.0 Å². The summed E-state index contributed by atoms with van der Waals surface area (Å²) in [4.78, 5) is 0. The highest BCUT2D eigenvalue weighted by Crippen LogP contribution is 2.10. The Morgan fingerprint density at radius 2 is 2.00 bits per heavy atom. The van der Waals surface area contributed by atoms with Gasteiger partial charge in [0.25, 0.3) is 0 Å². The molecule has 0 bridgehead atoms. The van der Waals surface area contributed by atoms with Crippen molar-refractivity contribution in [2.75, 3.05) is 13.2 Å². The second-order valence-electron chi connectivity index (χ2n) is 5.28. The molecule has 0 aliphatic heterocycles. The number of nitrogens with one attached hydrogen (secondary N) is 1. The molecule has 19 heavy (non-hydrogen) atoms. The first-order valence-electron chi connectivity index (χ1n) is 7.20. The summed E-state index contributed by atoms with van der Waals surface area (Å²) >= 11 is 0. The maximum atomic E-state index is 5.71. The topological polar surface area (TPSA) is 21.3 Å². The molecule has 0 aromatic heterocycles. The minimum atomic E-state index is 0.683. The molecule has 0 atom stereocenters. The number of ether oxygens (including phenoxy) is 1. The third-order valence-electron chi connectivity index (χ3n) is 2.94. The summed E-state index contributed by atoms with van der Waals surface area (Å²) in [5, 5.41) is 3.48. The standard InChI is InChI=1S/C17H27NO/c1-4-5-8-11-19-14-17-10-7-6-9-16(17)13-18-12-15(2)3/h4,6-7,9-10,15,18H,1,5,8,11-14H2,2-3H3. The average molecular weight is 261 g/mol. The van der Waals surface area contributed by atoms with Gasteiger partial charge in [-0.3, -0.25) is 0 Å². The molecular weight excluding hydrogens is 234 g/mol. The Kier molecular flexibility index (Phi) is 8.19. The van der Waals surface area contributed by atoms with E-state index in [1.165, 1.54) is 11.1 Å². The van der Waals surface area contributed by atoms with Crippen molar-refractivity contribution < 1.29 is 4.74 Å². The van der Waals surface area contributed by atoms with Gasteiger partial charge >= 0.3 is 0 Å². The molecule has 0 saturated heterocycles. The molecule has 2 heteroatoms. The maximum absolute atomic E-state index is 5.71. The summed E-state index contributed by atoms with van der Waals surface area (Å²) in [5.41, 5.74) is 2.63. The Labute approximate surface area is 117 Å². The normalized spacial score (nSPS) is 10.9. The molecule has 0 unspecified atom stereocenters. The van der Waals surface area contributed by atoms with E-state index in [9.17, 15) is 0 Å². The SMILES string of the molecule is C=CCCCOCc1ccccc1CNCC(C)C. The van der Waals surface area contributed by atoms with Gasteiger partial charge in [-0.25, -0.2) is 0 Å². The lowest BCUT2D eigenvalue weighted by molar-refractivity contribution is 0.118. The summed E-state index contributed by atoms with van der Waals surface area (Å²) in [6.07, 6.45) is 4.02. The van der Waals surface area contributed by atoms with Crippen molar-refractivity contribution in [2.45, 2.75) is 39.8 Å². The number of unbranched alkanes of at least 4 members (excludes halogenated alkanes) is 1. The van der Waals surface area contributed by atoms with Gasteiger partial charge in [0.1, 0.15) is 0 Å². The quantitative estimate of drug-likeness (QED) is 0.509. The van der Waals surface area contributed by atoms with Gasteiger partial charge in [-0.15, -0.1) is 6.58 Å². The van der Waals surface area contributed by atoms with Crippen LogP contribution in [0.15, 0.2) is 36.9 Å². The molecule has 2 nitrogen and oxygen atoms in total. The van der Waals surface area contributed by atoms with Crippen molar-refractivity contribution in [3.05, 3.63) is 48.0 Å². The van der Waals surface area contributed by atoms with Crippen LogP contribution in [0, 0.1) is 5.92 Å². The molecule has 0 amide bonds. The first kappa shape index (κ1) is 15.9. The van der Waals surface area contributed by atoms with E-state index in [4.69, 9.17) is 4.74 Å². The van der Waals surface area contributed by atoms with Crippen LogP contribution in [0.3, 0.4) is 0 Å². The van der Waals surface area contributed by atoms with Crippen molar-refractivity contribution in [1.29, 1.82) is 0 Å². The lowest BCUT2D eigenvalue weighted by atomic mass is 10.1. The molecule has 1 rings (SSSR count). The van der Waals surface area contributed by atoms with Crippen LogP contribution in [-0.2, 0) is 17.9 Å². The minimum absolute atomic E-state index is 0.683. The molecule has 0 radical (unpaired) electrons. The zero-order valence-corrected chi connectivity index (χ0v) is 12.3. The monoisotopic (exact) mass is 261 g/mol.